The highest BCUT2D eigenvalue weighted by molar-refractivity contribution is 7.09. The van der Waals surface area contributed by atoms with Crippen LogP contribution in [-0.4, -0.2) is 32.7 Å². The van der Waals surface area contributed by atoms with Gasteiger partial charge in [0.15, 0.2) is 6.61 Å². The van der Waals surface area contributed by atoms with E-state index in [9.17, 15) is 9.59 Å². The molecule has 1 N–H and O–H groups in total. The molecule has 1 heterocycles. The Hall–Kier alpha value is -2.54. The average Bonchev–Trinajstić information content (AvgIpc) is 3.10. The van der Waals surface area contributed by atoms with Gasteiger partial charge in [0.25, 0.3) is 5.91 Å². The Morgan fingerprint density at radius 1 is 1.09 bits per heavy atom. The fourth-order valence-electron chi connectivity index (χ4n) is 1.91. The summed E-state index contributed by atoms with van der Waals surface area (Å²) in [5, 5.41) is 4.61. The zero-order chi connectivity index (χ0) is 16.7. The molecule has 6 nitrogen and oxygen atoms in total. The molecule has 1 aromatic heterocycles. The Balaban J connectivity index is 1.93. The monoisotopic (exact) mass is 335 g/mol. The summed E-state index contributed by atoms with van der Waals surface area (Å²) >= 11 is 1.54. The van der Waals surface area contributed by atoms with E-state index >= 15 is 0 Å². The molecule has 0 saturated carbocycles. The Labute approximate surface area is 138 Å². The molecule has 0 saturated heterocycles. The third-order valence-corrected chi connectivity index (χ3v) is 3.88. The molecular formula is C16H17NO5S. The molecule has 0 spiro atoms. The van der Waals surface area contributed by atoms with E-state index in [2.05, 4.69) is 5.32 Å². The molecular weight excluding hydrogens is 318 g/mol. The molecule has 0 fully saturated rings. The van der Waals surface area contributed by atoms with E-state index in [1.165, 1.54) is 14.2 Å². The fraction of sp³-hybridized carbons (Fsp3) is 0.250. The van der Waals surface area contributed by atoms with Crippen molar-refractivity contribution in [2.45, 2.75) is 6.54 Å². The molecule has 0 aliphatic heterocycles. The summed E-state index contributed by atoms with van der Waals surface area (Å²) in [6.07, 6.45) is 0. The maximum atomic E-state index is 12.2. The van der Waals surface area contributed by atoms with E-state index in [1.807, 2.05) is 17.5 Å². The largest absolute Gasteiger partial charge is 0.496 e. The van der Waals surface area contributed by atoms with Crippen molar-refractivity contribution in [3.63, 3.8) is 0 Å². The highest BCUT2D eigenvalue weighted by Crippen LogP contribution is 2.28. The summed E-state index contributed by atoms with van der Waals surface area (Å²) in [4.78, 5) is 24.9. The number of carbonyl (C=O) groups is 2. The highest BCUT2D eigenvalue weighted by Gasteiger charge is 2.20. The van der Waals surface area contributed by atoms with Crippen LogP contribution >= 0.6 is 11.3 Å². The quantitative estimate of drug-likeness (QED) is 0.786. The van der Waals surface area contributed by atoms with Gasteiger partial charge in [0.2, 0.25) is 0 Å². The molecule has 0 aliphatic carbocycles. The van der Waals surface area contributed by atoms with Crippen LogP contribution < -0.4 is 14.8 Å². The predicted octanol–water partition coefficient (Wildman–Crippen LogP) is 2.24. The Morgan fingerprint density at radius 2 is 1.78 bits per heavy atom. The van der Waals surface area contributed by atoms with Crippen LogP contribution in [0.2, 0.25) is 0 Å². The molecule has 23 heavy (non-hydrogen) atoms. The number of amides is 1. The van der Waals surface area contributed by atoms with Crippen LogP contribution in [0.1, 0.15) is 15.2 Å². The second kappa shape index (κ2) is 8.19. The summed E-state index contributed by atoms with van der Waals surface area (Å²) in [6.45, 7) is 0.0391. The SMILES string of the molecule is COc1cccc(OC)c1C(=O)OCC(=O)NCc1cccs1. The molecule has 0 aliphatic rings. The average molecular weight is 335 g/mol. The topological polar surface area (TPSA) is 73.9 Å². The van der Waals surface area contributed by atoms with E-state index < -0.39 is 5.97 Å². The Morgan fingerprint density at radius 3 is 2.35 bits per heavy atom. The first-order valence-electron chi connectivity index (χ1n) is 6.83. The number of hydrogen-bond acceptors (Lipinski definition) is 6. The first kappa shape index (κ1) is 16.8. The van der Waals surface area contributed by atoms with E-state index in [0.29, 0.717) is 18.0 Å². The maximum Gasteiger partial charge on any atom is 0.346 e. The molecule has 0 radical (unpaired) electrons. The van der Waals surface area contributed by atoms with Gasteiger partial charge >= 0.3 is 5.97 Å². The summed E-state index contributed by atoms with van der Waals surface area (Å²) in [7, 11) is 2.89. The first-order chi connectivity index (χ1) is 11.2. The van der Waals surface area contributed by atoms with Crippen molar-refractivity contribution in [3.05, 3.63) is 46.2 Å². The number of thiophene rings is 1. The maximum absolute atomic E-state index is 12.2. The standard InChI is InChI=1S/C16H17NO5S/c1-20-12-6-3-7-13(21-2)15(12)16(19)22-10-14(18)17-9-11-5-4-8-23-11/h3-8H,9-10H2,1-2H3,(H,17,18). The van der Waals surface area contributed by atoms with Gasteiger partial charge in [-0.1, -0.05) is 12.1 Å². The summed E-state index contributed by atoms with van der Waals surface area (Å²) in [6, 6.07) is 8.75. The number of benzene rings is 1. The first-order valence-corrected chi connectivity index (χ1v) is 7.71. The molecule has 7 heteroatoms. The van der Waals surface area contributed by atoms with Crippen LogP contribution in [0, 0.1) is 0 Å². The molecule has 1 aromatic carbocycles. The molecule has 0 bridgehead atoms. The van der Waals surface area contributed by atoms with E-state index in [1.54, 1.807) is 29.5 Å². The van der Waals surface area contributed by atoms with Crippen LogP contribution in [0.25, 0.3) is 0 Å². The Bertz CT molecular complexity index is 647. The summed E-state index contributed by atoms with van der Waals surface area (Å²) in [5.41, 5.74) is 0.156. The number of ether oxygens (including phenoxy) is 3. The third kappa shape index (κ3) is 4.46. The van der Waals surface area contributed by atoms with Crippen molar-refractivity contribution < 1.29 is 23.8 Å². The second-order valence-electron chi connectivity index (χ2n) is 4.47. The number of esters is 1. The van der Waals surface area contributed by atoms with Gasteiger partial charge in [-0.05, 0) is 23.6 Å². The van der Waals surface area contributed by atoms with Gasteiger partial charge < -0.3 is 19.5 Å². The van der Waals surface area contributed by atoms with E-state index in [0.717, 1.165) is 4.88 Å². The molecule has 0 atom stereocenters. The number of nitrogens with one attached hydrogen (secondary N) is 1. The van der Waals surface area contributed by atoms with Crippen LogP contribution in [0.15, 0.2) is 35.7 Å². The van der Waals surface area contributed by atoms with Crippen molar-refractivity contribution in [1.29, 1.82) is 0 Å². The lowest BCUT2D eigenvalue weighted by atomic mass is 10.2. The molecule has 1 amide bonds. The number of carbonyl (C=O) groups excluding carboxylic acids is 2. The third-order valence-electron chi connectivity index (χ3n) is 3.01. The van der Waals surface area contributed by atoms with Gasteiger partial charge in [0, 0.05) is 4.88 Å². The van der Waals surface area contributed by atoms with Crippen LogP contribution in [0.5, 0.6) is 11.5 Å². The van der Waals surface area contributed by atoms with Gasteiger partial charge in [-0.3, -0.25) is 4.79 Å². The lowest BCUT2D eigenvalue weighted by Crippen LogP contribution is -2.28. The zero-order valence-corrected chi connectivity index (χ0v) is 13.6. The van der Waals surface area contributed by atoms with Crippen molar-refractivity contribution in [2.75, 3.05) is 20.8 Å². The zero-order valence-electron chi connectivity index (χ0n) is 12.8. The molecule has 122 valence electrons. The van der Waals surface area contributed by atoms with Gasteiger partial charge in [0.05, 0.1) is 20.8 Å². The van der Waals surface area contributed by atoms with Crippen molar-refractivity contribution >= 4 is 23.2 Å². The molecule has 2 aromatic rings. The predicted molar refractivity (Wildman–Crippen MR) is 86.0 cm³/mol. The normalized spacial score (nSPS) is 10.0. The van der Waals surface area contributed by atoms with Crippen LogP contribution in [-0.2, 0) is 16.1 Å². The molecule has 2 rings (SSSR count). The van der Waals surface area contributed by atoms with Crippen molar-refractivity contribution in [1.82, 2.24) is 5.32 Å². The second-order valence-corrected chi connectivity index (χ2v) is 5.50. The van der Waals surface area contributed by atoms with Gasteiger partial charge in [-0.2, -0.15) is 0 Å². The van der Waals surface area contributed by atoms with Gasteiger partial charge in [-0.15, -0.1) is 11.3 Å². The number of rotatable bonds is 7. The minimum absolute atomic E-state index is 0.156. The minimum atomic E-state index is -0.675. The molecule has 0 unspecified atom stereocenters. The van der Waals surface area contributed by atoms with E-state index in [4.69, 9.17) is 14.2 Å². The minimum Gasteiger partial charge on any atom is -0.496 e. The van der Waals surface area contributed by atoms with Gasteiger partial charge in [0.1, 0.15) is 17.1 Å². The lowest BCUT2D eigenvalue weighted by Gasteiger charge is -2.12. The van der Waals surface area contributed by atoms with Crippen LogP contribution in [0.3, 0.4) is 0 Å². The number of methoxy groups -OCH3 is 2. The Kier molecular flexibility index (Phi) is 5.99. The number of hydrogen-bond donors (Lipinski definition) is 1. The fourth-order valence-corrected chi connectivity index (χ4v) is 2.55. The van der Waals surface area contributed by atoms with Crippen LogP contribution in [0.4, 0.5) is 0 Å². The van der Waals surface area contributed by atoms with Gasteiger partial charge in [-0.25, -0.2) is 4.79 Å². The van der Waals surface area contributed by atoms with Crippen molar-refractivity contribution in [2.24, 2.45) is 0 Å². The lowest BCUT2D eigenvalue weighted by molar-refractivity contribution is -0.124. The summed E-state index contributed by atoms with van der Waals surface area (Å²) in [5.74, 6) is -0.395. The van der Waals surface area contributed by atoms with Crippen molar-refractivity contribution in [3.8, 4) is 11.5 Å². The van der Waals surface area contributed by atoms with E-state index in [-0.39, 0.29) is 18.1 Å². The smallest absolute Gasteiger partial charge is 0.346 e. The summed E-state index contributed by atoms with van der Waals surface area (Å²) < 4.78 is 15.3. The highest BCUT2D eigenvalue weighted by atomic mass is 32.1.